The smallest absolute Gasteiger partial charge is 0.248 e. The number of benzene rings is 1. The van der Waals surface area contributed by atoms with E-state index in [1.807, 2.05) is 24.3 Å². The normalized spacial score (nSPS) is 15.0. The number of hydrogen-bond donors (Lipinski definition) is 1. The molecule has 2 heterocycles. The fourth-order valence-corrected chi connectivity index (χ4v) is 4.38. The van der Waals surface area contributed by atoms with Crippen LogP contribution in [0, 0.1) is 5.92 Å². The molecule has 0 bridgehead atoms. The maximum absolute atomic E-state index is 5.76. The summed E-state index contributed by atoms with van der Waals surface area (Å²) in [6.45, 7) is 0. The molecule has 1 N–H and O–H groups in total. The quantitative estimate of drug-likeness (QED) is 0.526. The van der Waals surface area contributed by atoms with E-state index in [0.717, 1.165) is 33.4 Å². The molecule has 0 atom stereocenters. The molecule has 0 unspecified atom stereocenters. The average molecular weight is 434 g/mol. The lowest BCUT2D eigenvalue weighted by atomic mass is 10.0. The number of rotatable bonds is 7. The Morgan fingerprint density at radius 1 is 1.19 bits per heavy atom. The third-order valence-electron chi connectivity index (χ3n) is 4.67. The highest BCUT2D eigenvalue weighted by Crippen LogP contribution is 2.29. The van der Waals surface area contributed by atoms with Gasteiger partial charge in [0.1, 0.15) is 5.82 Å². The molecule has 8 heteroatoms. The molecule has 3 aromatic rings. The van der Waals surface area contributed by atoms with Crippen LogP contribution in [0.1, 0.15) is 43.8 Å². The molecule has 26 heavy (non-hydrogen) atoms. The van der Waals surface area contributed by atoms with Gasteiger partial charge < -0.3 is 4.42 Å². The van der Waals surface area contributed by atoms with Crippen LogP contribution in [0.5, 0.6) is 0 Å². The van der Waals surface area contributed by atoms with Crippen LogP contribution in [0.3, 0.4) is 0 Å². The van der Waals surface area contributed by atoms with Crippen molar-refractivity contribution in [1.82, 2.24) is 25.4 Å². The third kappa shape index (κ3) is 4.35. The molecule has 6 nitrogen and oxygen atoms in total. The van der Waals surface area contributed by atoms with Gasteiger partial charge in [0.05, 0.1) is 11.3 Å². The van der Waals surface area contributed by atoms with Crippen LogP contribution in [-0.2, 0) is 12.2 Å². The highest BCUT2D eigenvalue weighted by Gasteiger charge is 2.16. The van der Waals surface area contributed by atoms with Crippen LogP contribution in [0.25, 0.3) is 11.5 Å². The zero-order valence-corrected chi connectivity index (χ0v) is 16.7. The van der Waals surface area contributed by atoms with Crippen molar-refractivity contribution in [1.29, 1.82) is 0 Å². The third-order valence-corrected chi connectivity index (χ3v) is 6.19. The molecule has 136 valence electrons. The number of aromatic nitrogens is 5. The lowest BCUT2D eigenvalue weighted by Gasteiger charge is -2.05. The first kappa shape index (κ1) is 17.7. The summed E-state index contributed by atoms with van der Waals surface area (Å²) in [5, 5.41) is 16.3. The molecule has 1 fully saturated rings. The largest absolute Gasteiger partial charge is 0.420 e. The van der Waals surface area contributed by atoms with Crippen molar-refractivity contribution >= 4 is 27.7 Å². The van der Waals surface area contributed by atoms with E-state index in [2.05, 4.69) is 41.3 Å². The van der Waals surface area contributed by atoms with Crippen molar-refractivity contribution in [3.63, 3.8) is 0 Å². The maximum atomic E-state index is 5.76. The zero-order chi connectivity index (χ0) is 17.8. The predicted octanol–water partition coefficient (Wildman–Crippen LogP) is 5.03. The highest BCUT2D eigenvalue weighted by atomic mass is 79.9. The van der Waals surface area contributed by atoms with Crippen LogP contribution >= 0.6 is 27.7 Å². The van der Waals surface area contributed by atoms with Gasteiger partial charge in [0.25, 0.3) is 0 Å². The van der Waals surface area contributed by atoms with Crippen molar-refractivity contribution in [2.75, 3.05) is 0 Å². The molecule has 1 aliphatic carbocycles. The minimum atomic E-state index is 0.514. The Kier molecular flexibility index (Phi) is 5.69. The van der Waals surface area contributed by atoms with Gasteiger partial charge in [0.15, 0.2) is 0 Å². The topological polar surface area (TPSA) is 80.5 Å². The monoisotopic (exact) mass is 433 g/mol. The number of nitrogens with one attached hydrogen (secondary N) is 1. The summed E-state index contributed by atoms with van der Waals surface area (Å²) in [4.78, 5) is 4.56. The maximum Gasteiger partial charge on any atom is 0.248 e. The first-order chi connectivity index (χ1) is 12.8. The number of aromatic amines is 1. The van der Waals surface area contributed by atoms with Gasteiger partial charge in [-0.15, -0.1) is 15.3 Å². The molecule has 1 saturated carbocycles. The van der Waals surface area contributed by atoms with E-state index in [-0.39, 0.29) is 0 Å². The minimum Gasteiger partial charge on any atom is -0.420 e. The Balaban J connectivity index is 1.31. The minimum absolute atomic E-state index is 0.514. The van der Waals surface area contributed by atoms with E-state index >= 15 is 0 Å². The summed E-state index contributed by atoms with van der Waals surface area (Å²) in [6.07, 6.45) is 7.69. The van der Waals surface area contributed by atoms with Crippen molar-refractivity contribution in [3.8, 4) is 11.5 Å². The van der Waals surface area contributed by atoms with E-state index in [9.17, 15) is 0 Å². The van der Waals surface area contributed by atoms with Crippen molar-refractivity contribution in [3.05, 3.63) is 40.5 Å². The van der Waals surface area contributed by atoms with E-state index in [0.29, 0.717) is 17.5 Å². The molecule has 0 aliphatic heterocycles. The molecular formula is C18H20BrN5OS. The summed E-state index contributed by atoms with van der Waals surface area (Å²) < 4.78 is 6.69. The standard InChI is InChI=1S/C18H20BrN5OS/c19-14-8-4-3-7-13(14)17-23-22-16(25-17)11-26-18-20-15(21-24-18)10-9-12-5-1-2-6-12/h3-4,7-8,12H,1-2,5-6,9-11H2,(H,20,21,24). The lowest BCUT2D eigenvalue weighted by molar-refractivity contribution is 0.497. The molecule has 2 aromatic heterocycles. The Morgan fingerprint density at radius 2 is 2.04 bits per heavy atom. The van der Waals surface area contributed by atoms with Crippen LogP contribution in [-0.4, -0.2) is 25.4 Å². The van der Waals surface area contributed by atoms with Gasteiger partial charge in [-0.2, -0.15) is 0 Å². The second kappa shape index (κ2) is 8.35. The molecular weight excluding hydrogens is 414 g/mol. The van der Waals surface area contributed by atoms with E-state index in [1.54, 1.807) is 0 Å². The first-order valence-corrected chi connectivity index (χ1v) is 10.7. The van der Waals surface area contributed by atoms with Gasteiger partial charge in [-0.3, -0.25) is 5.10 Å². The number of hydrogen-bond acceptors (Lipinski definition) is 6. The van der Waals surface area contributed by atoms with Gasteiger partial charge in [-0.1, -0.05) is 49.6 Å². The van der Waals surface area contributed by atoms with Gasteiger partial charge >= 0.3 is 0 Å². The summed E-state index contributed by atoms with van der Waals surface area (Å²) in [6, 6.07) is 7.79. The molecule has 0 spiro atoms. The predicted molar refractivity (Wildman–Crippen MR) is 104 cm³/mol. The summed E-state index contributed by atoms with van der Waals surface area (Å²) >= 11 is 5.01. The number of H-pyrrole nitrogens is 1. The zero-order valence-electron chi connectivity index (χ0n) is 14.3. The average Bonchev–Trinajstić information content (AvgIpc) is 3.40. The molecule has 1 aliphatic rings. The molecule has 0 amide bonds. The number of halogens is 1. The van der Waals surface area contributed by atoms with Gasteiger partial charge in [0, 0.05) is 10.9 Å². The van der Waals surface area contributed by atoms with Crippen molar-refractivity contribution < 1.29 is 4.42 Å². The van der Waals surface area contributed by atoms with E-state index in [1.165, 1.54) is 43.9 Å². The van der Waals surface area contributed by atoms with Gasteiger partial charge in [0.2, 0.25) is 16.9 Å². The Labute approximate surface area is 164 Å². The fourth-order valence-electron chi connectivity index (χ4n) is 3.28. The van der Waals surface area contributed by atoms with Gasteiger partial charge in [-0.25, -0.2) is 4.98 Å². The Bertz CT molecular complexity index is 859. The SMILES string of the molecule is Brc1ccccc1-c1nnc(CSc2n[nH]c(CCC3CCCC3)n2)o1. The first-order valence-electron chi connectivity index (χ1n) is 8.89. The van der Waals surface area contributed by atoms with Gasteiger partial charge in [-0.05, 0) is 40.4 Å². The lowest BCUT2D eigenvalue weighted by Crippen LogP contribution is -1.97. The molecule has 0 saturated heterocycles. The summed E-state index contributed by atoms with van der Waals surface area (Å²) in [5.41, 5.74) is 0.892. The summed E-state index contributed by atoms with van der Waals surface area (Å²) in [7, 11) is 0. The van der Waals surface area contributed by atoms with E-state index in [4.69, 9.17) is 4.42 Å². The Hall–Kier alpha value is -1.67. The second-order valence-electron chi connectivity index (χ2n) is 6.52. The van der Waals surface area contributed by atoms with Crippen LogP contribution in [0.4, 0.5) is 0 Å². The molecule has 1 aromatic carbocycles. The van der Waals surface area contributed by atoms with E-state index < -0.39 is 0 Å². The van der Waals surface area contributed by atoms with Crippen LogP contribution in [0.15, 0.2) is 38.3 Å². The second-order valence-corrected chi connectivity index (χ2v) is 8.32. The molecule has 4 rings (SSSR count). The van der Waals surface area contributed by atoms with Crippen molar-refractivity contribution in [2.24, 2.45) is 5.92 Å². The van der Waals surface area contributed by atoms with Crippen LogP contribution < -0.4 is 0 Å². The Morgan fingerprint density at radius 3 is 2.88 bits per heavy atom. The highest BCUT2D eigenvalue weighted by molar-refractivity contribution is 9.10. The summed E-state index contributed by atoms with van der Waals surface area (Å²) in [5.74, 6) is 3.47. The fraction of sp³-hybridized carbons (Fsp3) is 0.444. The number of nitrogens with zero attached hydrogens (tertiary/aromatic N) is 4. The molecule has 0 radical (unpaired) electrons. The van der Waals surface area contributed by atoms with Crippen molar-refractivity contribution in [2.45, 2.75) is 49.4 Å². The number of aryl methyl sites for hydroxylation is 1. The number of thioether (sulfide) groups is 1. The van der Waals surface area contributed by atoms with Crippen LogP contribution in [0.2, 0.25) is 0 Å².